The highest BCUT2D eigenvalue weighted by Gasteiger charge is 2.51. The Balaban J connectivity index is 0. The summed E-state index contributed by atoms with van der Waals surface area (Å²) in [6, 6.07) is 0. The van der Waals surface area contributed by atoms with Crippen LogP contribution in [0.2, 0.25) is 0 Å². The van der Waals surface area contributed by atoms with Gasteiger partial charge in [0.15, 0.2) is 12.2 Å². The molecule has 3 N–H and O–H groups in total. The van der Waals surface area contributed by atoms with Crippen molar-refractivity contribution in [3.8, 4) is 0 Å². The highest BCUT2D eigenvalue weighted by atomic mass is 17.0. The van der Waals surface area contributed by atoms with E-state index in [1.807, 2.05) is 0 Å². The molecule has 0 radical (unpaired) electrons. The van der Waals surface area contributed by atoms with Crippen molar-refractivity contribution in [1.29, 1.82) is 0 Å². The Morgan fingerprint density at radius 1 is 0.786 bits per heavy atom. The average Bonchev–Trinajstić information content (AvgIpc) is 3.00. The van der Waals surface area contributed by atoms with Crippen LogP contribution in [0.1, 0.15) is 20.8 Å². The summed E-state index contributed by atoms with van der Waals surface area (Å²) in [5.41, 5.74) is 0. The summed E-state index contributed by atoms with van der Waals surface area (Å²) >= 11 is 0. The third-order valence-electron chi connectivity index (χ3n) is 2.41. The van der Waals surface area contributed by atoms with Gasteiger partial charge in [-0.15, -0.1) is 20.2 Å². The third kappa shape index (κ3) is 15.0. The predicted molar refractivity (Wildman–Crippen MR) is 83.1 cm³/mol. The van der Waals surface area contributed by atoms with Crippen molar-refractivity contribution in [3.63, 3.8) is 0 Å². The van der Waals surface area contributed by atoms with Crippen molar-refractivity contribution in [2.75, 3.05) is 13.2 Å². The number of carbonyl (C=O) groups is 3. The highest BCUT2D eigenvalue weighted by molar-refractivity contribution is 5.63. The monoisotopic (exact) mass is 416 g/mol. The van der Waals surface area contributed by atoms with Crippen LogP contribution in [0.15, 0.2) is 0 Å². The molecule has 2 aliphatic rings. The summed E-state index contributed by atoms with van der Waals surface area (Å²) in [5.74, 6) is -2.50. The lowest BCUT2D eigenvalue weighted by molar-refractivity contribution is -0.769. The van der Waals surface area contributed by atoms with E-state index in [1.165, 1.54) is 0 Å². The van der Waals surface area contributed by atoms with Gasteiger partial charge >= 0.3 is 0 Å². The predicted octanol–water partition coefficient (Wildman–Crippen LogP) is -0.789. The van der Waals surface area contributed by atoms with Gasteiger partial charge in [-0.1, -0.05) is 0 Å². The summed E-state index contributed by atoms with van der Waals surface area (Å²) in [7, 11) is 0. The first kappa shape index (κ1) is 27.0. The van der Waals surface area contributed by atoms with Gasteiger partial charge in [0.1, 0.15) is 12.2 Å². The first-order valence-corrected chi connectivity index (χ1v) is 7.22. The highest BCUT2D eigenvalue weighted by Crippen LogP contribution is 2.30. The van der Waals surface area contributed by atoms with Crippen molar-refractivity contribution in [2.45, 2.75) is 45.2 Å². The van der Waals surface area contributed by atoms with E-state index < -0.39 is 52.5 Å². The van der Waals surface area contributed by atoms with Crippen LogP contribution in [0.5, 0.6) is 0 Å². The second-order valence-corrected chi connectivity index (χ2v) is 4.89. The summed E-state index contributed by atoms with van der Waals surface area (Å²) in [6.07, 6.45) is -3.12. The SMILES string of the molecule is CC(=O)O.CC(=O)O.CC(=O)O.O=[N+]([O-])O[C@H]1CO[C@H]2[C@@H]1OC[C@H]2O[N+](=O)[O-]. The Morgan fingerprint density at radius 3 is 1.18 bits per heavy atom. The number of rotatable bonds is 4. The maximum Gasteiger partial charge on any atom is 0.300 e. The number of hydrogen-bond acceptors (Lipinski definition) is 11. The zero-order valence-corrected chi connectivity index (χ0v) is 15.0. The fourth-order valence-electron chi connectivity index (χ4n) is 1.83. The number of nitrogens with zero attached hydrogens (tertiary/aromatic N) is 2. The molecular weight excluding hydrogens is 396 g/mol. The van der Waals surface area contributed by atoms with E-state index in [1.54, 1.807) is 0 Å². The molecule has 0 aliphatic carbocycles. The van der Waals surface area contributed by atoms with Crippen LogP contribution in [-0.4, -0.2) is 81.0 Å². The molecule has 4 atom stereocenters. The molecule has 28 heavy (non-hydrogen) atoms. The zero-order chi connectivity index (χ0) is 22.4. The van der Waals surface area contributed by atoms with Gasteiger partial charge in [0.05, 0.1) is 13.2 Å². The molecule has 0 spiro atoms. The Hall–Kier alpha value is -3.27. The zero-order valence-electron chi connectivity index (χ0n) is 15.0. The number of aliphatic carboxylic acids is 3. The fourth-order valence-corrected chi connectivity index (χ4v) is 1.83. The molecule has 0 aromatic rings. The molecule has 2 aliphatic heterocycles. The minimum Gasteiger partial charge on any atom is -0.481 e. The number of hydrogen-bond donors (Lipinski definition) is 3. The van der Waals surface area contributed by atoms with E-state index in [2.05, 4.69) is 9.68 Å². The van der Waals surface area contributed by atoms with Crippen LogP contribution < -0.4 is 0 Å². The number of fused-ring (bicyclic) bond motifs is 1. The first-order chi connectivity index (χ1) is 12.8. The molecule has 16 nitrogen and oxygen atoms in total. The second kappa shape index (κ2) is 13.9. The molecule has 0 aromatic heterocycles. The molecule has 0 unspecified atom stereocenters. The topological polar surface area (TPSA) is 235 Å². The summed E-state index contributed by atoms with van der Waals surface area (Å²) in [5, 5.41) is 40.6. The van der Waals surface area contributed by atoms with Crippen molar-refractivity contribution in [1.82, 2.24) is 0 Å². The standard InChI is InChI=1S/C6H8N2O8.3C2H4O2/c9-7(10)15-3-1-13-6-4(16-8(11)12)2-14-5(3)6;3*1-2(3)4/h3-6H,1-2H2;3*1H3,(H,3,4)/t3-,4+,5-,6-;;;/m1.../s1. The van der Waals surface area contributed by atoms with Crippen LogP contribution >= 0.6 is 0 Å². The van der Waals surface area contributed by atoms with E-state index in [0.29, 0.717) is 0 Å². The van der Waals surface area contributed by atoms with Crippen LogP contribution in [0.25, 0.3) is 0 Å². The maximum atomic E-state index is 10.1. The van der Waals surface area contributed by atoms with E-state index in [4.69, 9.17) is 39.2 Å². The van der Waals surface area contributed by atoms with Gasteiger partial charge in [-0.2, -0.15) is 0 Å². The Bertz CT molecular complexity index is 482. The molecule has 162 valence electrons. The summed E-state index contributed by atoms with van der Waals surface area (Å²) in [4.78, 5) is 55.9. The van der Waals surface area contributed by atoms with Gasteiger partial charge in [0.25, 0.3) is 28.1 Å². The Labute approximate surface area is 156 Å². The third-order valence-corrected chi connectivity index (χ3v) is 2.41. The molecule has 2 saturated heterocycles. The molecule has 0 saturated carbocycles. The quantitative estimate of drug-likeness (QED) is 0.376. The first-order valence-electron chi connectivity index (χ1n) is 7.22. The Morgan fingerprint density at radius 2 is 1.00 bits per heavy atom. The van der Waals surface area contributed by atoms with E-state index in [-0.39, 0.29) is 13.2 Å². The summed E-state index contributed by atoms with van der Waals surface area (Å²) < 4.78 is 10.2. The smallest absolute Gasteiger partial charge is 0.300 e. The van der Waals surface area contributed by atoms with Gasteiger partial charge in [-0.25, -0.2) is 0 Å². The van der Waals surface area contributed by atoms with Crippen molar-refractivity contribution < 1.29 is 59.0 Å². The molecule has 0 bridgehead atoms. The van der Waals surface area contributed by atoms with Gasteiger partial charge in [0.2, 0.25) is 0 Å². The summed E-state index contributed by atoms with van der Waals surface area (Å²) in [6.45, 7) is 3.15. The van der Waals surface area contributed by atoms with E-state index >= 15 is 0 Å². The maximum absolute atomic E-state index is 10.1. The second-order valence-electron chi connectivity index (χ2n) is 4.89. The fraction of sp³-hybridized carbons (Fsp3) is 0.750. The molecule has 16 heteroatoms. The van der Waals surface area contributed by atoms with Gasteiger partial charge in [0, 0.05) is 20.8 Å². The van der Waals surface area contributed by atoms with Crippen LogP contribution in [-0.2, 0) is 33.5 Å². The van der Waals surface area contributed by atoms with Gasteiger partial charge in [-0.3, -0.25) is 14.4 Å². The van der Waals surface area contributed by atoms with Gasteiger partial charge in [-0.05, 0) is 0 Å². The van der Waals surface area contributed by atoms with Gasteiger partial charge < -0.3 is 34.5 Å². The lowest BCUT2D eigenvalue weighted by Crippen LogP contribution is -2.35. The van der Waals surface area contributed by atoms with Crippen molar-refractivity contribution >= 4 is 17.9 Å². The molecule has 2 heterocycles. The van der Waals surface area contributed by atoms with Crippen LogP contribution in [0.4, 0.5) is 0 Å². The molecule has 0 aromatic carbocycles. The lowest BCUT2D eigenvalue weighted by Gasteiger charge is -2.13. The van der Waals surface area contributed by atoms with E-state index in [9.17, 15) is 20.2 Å². The number of carboxylic acid groups (broad SMARTS) is 3. The normalized spacial score (nSPS) is 23.7. The molecular formula is C12H20N2O14. The van der Waals surface area contributed by atoms with Crippen molar-refractivity contribution in [3.05, 3.63) is 20.2 Å². The average molecular weight is 416 g/mol. The number of ether oxygens (including phenoxy) is 2. The Kier molecular flexibility index (Phi) is 13.4. The molecule has 2 fully saturated rings. The van der Waals surface area contributed by atoms with Crippen LogP contribution in [0.3, 0.4) is 0 Å². The molecule has 2 rings (SSSR count). The largest absolute Gasteiger partial charge is 0.481 e. The number of carboxylic acids is 3. The molecule has 0 amide bonds. The van der Waals surface area contributed by atoms with E-state index in [0.717, 1.165) is 20.8 Å². The van der Waals surface area contributed by atoms with Crippen molar-refractivity contribution in [2.24, 2.45) is 0 Å². The lowest BCUT2D eigenvalue weighted by atomic mass is 10.1. The minimum absolute atomic E-state index is 0.0477. The van der Waals surface area contributed by atoms with Crippen LogP contribution in [0, 0.1) is 20.2 Å². The minimum atomic E-state index is -0.943.